The van der Waals surface area contributed by atoms with Crippen LogP contribution in [0.4, 0.5) is 15.9 Å². The van der Waals surface area contributed by atoms with Crippen molar-refractivity contribution in [2.75, 3.05) is 12.0 Å². The van der Waals surface area contributed by atoms with Crippen molar-refractivity contribution in [3.05, 3.63) is 41.6 Å². The van der Waals surface area contributed by atoms with E-state index in [2.05, 4.69) is 17.3 Å². The molecule has 0 bridgehead atoms. The van der Waals surface area contributed by atoms with Gasteiger partial charge in [0.2, 0.25) is 0 Å². The molecule has 28 heavy (non-hydrogen) atoms. The fraction of sp³-hybridized carbons (Fsp3) is 0.524. The number of benzene rings is 1. The summed E-state index contributed by atoms with van der Waals surface area (Å²) in [5, 5.41) is 17.6. The minimum absolute atomic E-state index is 0.116. The van der Waals surface area contributed by atoms with E-state index < -0.39 is 18.0 Å². The molecule has 0 spiro atoms. The van der Waals surface area contributed by atoms with Crippen LogP contribution in [0.15, 0.2) is 30.5 Å². The Morgan fingerprint density at radius 1 is 1.36 bits per heavy atom. The third kappa shape index (κ3) is 4.19. The molecule has 0 radical (unpaired) electrons. The second-order valence-corrected chi connectivity index (χ2v) is 8.47. The number of amides is 1. The van der Waals surface area contributed by atoms with E-state index in [1.54, 1.807) is 10.9 Å². The molecule has 0 saturated heterocycles. The van der Waals surface area contributed by atoms with Gasteiger partial charge in [-0.2, -0.15) is 5.10 Å². The zero-order chi connectivity index (χ0) is 20.5. The third-order valence-electron chi connectivity index (χ3n) is 5.70. The number of nitrogens with zero attached hydrogens (tertiary/aromatic N) is 2. The molecule has 3 atom stereocenters. The molecule has 2 aromatic rings. The maximum absolute atomic E-state index is 13.2. The average molecular weight is 388 g/mol. The lowest BCUT2D eigenvalue weighted by Gasteiger charge is -2.31. The van der Waals surface area contributed by atoms with E-state index in [-0.39, 0.29) is 18.1 Å². The Morgan fingerprint density at radius 3 is 2.61 bits per heavy atom. The van der Waals surface area contributed by atoms with Gasteiger partial charge in [-0.05, 0) is 42.9 Å². The van der Waals surface area contributed by atoms with Gasteiger partial charge in [-0.1, -0.05) is 32.9 Å². The molecule has 6 nitrogen and oxygen atoms in total. The maximum Gasteiger partial charge on any atom is 0.254 e. The molecule has 1 aromatic carbocycles. The van der Waals surface area contributed by atoms with Crippen LogP contribution in [0, 0.1) is 5.92 Å². The number of anilines is 2. The van der Waals surface area contributed by atoms with Crippen LogP contribution in [0.1, 0.15) is 62.0 Å². The van der Waals surface area contributed by atoms with Crippen molar-refractivity contribution in [2.24, 2.45) is 11.7 Å². The van der Waals surface area contributed by atoms with Gasteiger partial charge in [0.1, 0.15) is 5.56 Å². The largest absolute Gasteiger partial charge is 0.393 e. The average Bonchev–Trinajstić information content (AvgIpc) is 3.06. The molecule has 1 heterocycles. The smallest absolute Gasteiger partial charge is 0.254 e. The van der Waals surface area contributed by atoms with E-state index >= 15 is 0 Å². The van der Waals surface area contributed by atoms with Gasteiger partial charge in [-0.25, -0.2) is 0 Å². The molecule has 1 amide bonds. The van der Waals surface area contributed by atoms with Crippen LogP contribution in [-0.2, 0) is 5.41 Å². The number of aliphatic hydroxyl groups is 1. The van der Waals surface area contributed by atoms with Gasteiger partial charge in [0.25, 0.3) is 5.91 Å². The fourth-order valence-electron chi connectivity index (χ4n) is 3.80. The number of aliphatic hydroxyl groups excluding tert-OH is 1. The Morgan fingerprint density at radius 2 is 2.04 bits per heavy atom. The Bertz CT molecular complexity index is 831. The number of primary amides is 1. The predicted molar refractivity (Wildman–Crippen MR) is 108 cm³/mol. The summed E-state index contributed by atoms with van der Waals surface area (Å²) in [5.41, 5.74) is 6.98. The number of hydrogen-bond donors (Lipinski definition) is 3. The van der Waals surface area contributed by atoms with Gasteiger partial charge >= 0.3 is 0 Å². The highest BCUT2D eigenvalue weighted by molar-refractivity contribution is 5.98. The Hall–Kier alpha value is -2.41. The normalized spacial score (nSPS) is 22.8. The monoisotopic (exact) mass is 388 g/mol. The van der Waals surface area contributed by atoms with Crippen LogP contribution in [0.2, 0.25) is 0 Å². The van der Waals surface area contributed by atoms with Crippen molar-refractivity contribution in [1.29, 1.82) is 0 Å². The topological polar surface area (TPSA) is 93.2 Å². The number of carbonyl (C=O) groups is 1. The van der Waals surface area contributed by atoms with Crippen LogP contribution in [0.25, 0.3) is 0 Å². The lowest BCUT2D eigenvalue weighted by Crippen LogP contribution is -2.28. The van der Waals surface area contributed by atoms with E-state index in [0.717, 1.165) is 24.1 Å². The zero-order valence-corrected chi connectivity index (χ0v) is 16.7. The standard InChI is InChI=1S/C21H29FN4O2/c1-13-10-16(27)8-9-18(13)26-11-17(19(23)28)20(25-26)24-15-6-4-14(5-7-15)21(2,3)12-22/h4-7,11,13,16,18,27H,8-10,12H2,1-3H3,(H2,23,28)(H,24,25)/t13-,16-,18-/m0/s1. The van der Waals surface area contributed by atoms with Crippen LogP contribution in [0.3, 0.4) is 0 Å². The number of carbonyl (C=O) groups excluding carboxylic acids is 1. The second-order valence-electron chi connectivity index (χ2n) is 8.47. The maximum atomic E-state index is 13.2. The summed E-state index contributed by atoms with van der Waals surface area (Å²) in [6.07, 6.45) is 3.64. The van der Waals surface area contributed by atoms with Crippen molar-refractivity contribution >= 4 is 17.4 Å². The van der Waals surface area contributed by atoms with Gasteiger partial charge in [0, 0.05) is 17.3 Å². The predicted octanol–water partition coefficient (Wildman–Crippen LogP) is 3.69. The van der Waals surface area contributed by atoms with Crippen molar-refractivity contribution in [2.45, 2.75) is 57.6 Å². The molecular formula is C21H29FN4O2. The quantitative estimate of drug-likeness (QED) is 0.703. The van der Waals surface area contributed by atoms with E-state index in [1.165, 1.54) is 0 Å². The second kappa shape index (κ2) is 7.91. The Labute approximate surface area is 164 Å². The number of halogens is 1. The number of alkyl halides is 1. The number of nitrogens with one attached hydrogen (secondary N) is 1. The first-order chi connectivity index (χ1) is 13.2. The van der Waals surface area contributed by atoms with Gasteiger partial charge in [0.05, 0.1) is 18.8 Å². The first-order valence-electron chi connectivity index (χ1n) is 9.72. The number of aromatic nitrogens is 2. The first kappa shape index (κ1) is 20.3. The minimum atomic E-state index is -0.549. The van der Waals surface area contributed by atoms with Crippen molar-refractivity contribution < 1.29 is 14.3 Å². The summed E-state index contributed by atoms with van der Waals surface area (Å²) in [5.74, 6) is 0.107. The zero-order valence-electron chi connectivity index (χ0n) is 16.7. The molecule has 7 heteroatoms. The summed E-state index contributed by atoms with van der Waals surface area (Å²) < 4.78 is 15.0. The first-order valence-corrected chi connectivity index (χ1v) is 9.72. The number of nitrogens with two attached hydrogens (primary N) is 1. The van der Waals surface area contributed by atoms with Crippen LogP contribution in [0.5, 0.6) is 0 Å². The highest BCUT2D eigenvalue weighted by Gasteiger charge is 2.29. The van der Waals surface area contributed by atoms with Gasteiger partial charge in [-0.3, -0.25) is 13.9 Å². The Kier molecular flexibility index (Phi) is 5.74. The molecule has 152 valence electrons. The van der Waals surface area contributed by atoms with E-state index in [1.807, 2.05) is 38.1 Å². The molecular weight excluding hydrogens is 359 g/mol. The van der Waals surface area contributed by atoms with Crippen LogP contribution < -0.4 is 11.1 Å². The van der Waals surface area contributed by atoms with Gasteiger partial charge in [0.15, 0.2) is 5.82 Å². The molecule has 1 aromatic heterocycles. The fourth-order valence-corrected chi connectivity index (χ4v) is 3.80. The molecule has 3 rings (SSSR count). The molecule has 4 N–H and O–H groups in total. The van der Waals surface area contributed by atoms with Gasteiger partial charge in [-0.15, -0.1) is 0 Å². The highest BCUT2D eigenvalue weighted by Crippen LogP contribution is 2.35. The van der Waals surface area contributed by atoms with Crippen molar-refractivity contribution in [1.82, 2.24) is 9.78 Å². The minimum Gasteiger partial charge on any atom is -0.393 e. The highest BCUT2D eigenvalue weighted by atomic mass is 19.1. The van der Waals surface area contributed by atoms with E-state index in [0.29, 0.717) is 17.8 Å². The van der Waals surface area contributed by atoms with E-state index in [9.17, 15) is 14.3 Å². The number of hydrogen-bond acceptors (Lipinski definition) is 4. The van der Waals surface area contributed by atoms with Crippen molar-refractivity contribution in [3.8, 4) is 0 Å². The summed E-state index contributed by atoms with van der Waals surface area (Å²) in [4.78, 5) is 11.9. The molecule has 0 unspecified atom stereocenters. The SMILES string of the molecule is C[C@H]1C[C@@H](O)CC[C@@H]1n1cc(C(N)=O)c(Nc2ccc(C(C)(C)CF)cc2)n1. The van der Waals surface area contributed by atoms with Crippen molar-refractivity contribution in [3.63, 3.8) is 0 Å². The molecule has 0 aliphatic heterocycles. The Balaban J connectivity index is 1.84. The number of rotatable bonds is 6. The summed E-state index contributed by atoms with van der Waals surface area (Å²) >= 11 is 0. The molecule has 1 saturated carbocycles. The molecule has 1 aliphatic carbocycles. The van der Waals surface area contributed by atoms with Crippen LogP contribution >= 0.6 is 0 Å². The van der Waals surface area contributed by atoms with Crippen LogP contribution in [-0.4, -0.2) is 33.6 Å². The molecule has 1 fully saturated rings. The lowest BCUT2D eigenvalue weighted by atomic mass is 9.84. The third-order valence-corrected chi connectivity index (χ3v) is 5.70. The summed E-state index contributed by atoms with van der Waals surface area (Å²) in [6.45, 7) is 5.34. The summed E-state index contributed by atoms with van der Waals surface area (Å²) in [7, 11) is 0. The molecule has 1 aliphatic rings. The van der Waals surface area contributed by atoms with E-state index in [4.69, 9.17) is 5.73 Å². The van der Waals surface area contributed by atoms with Gasteiger partial charge < -0.3 is 16.2 Å². The summed E-state index contributed by atoms with van der Waals surface area (Å²) in [6, 6.07) is 7.54. The lowest BCUT2D eigenvalue weighted by molar-refractivity contribution is 0.0748.